The van der Waals surface area contributed by atoms with Crippen molar-refractivity contribution in [2.45, 2.75) is 40.2 Å². The lowest BCUT2D eigenvalue weighted by Crippen LogP contribution is -2.40. The minimum atomic E-state index is -0.567. The number of carbonyl (C=O) groups excluding carboxylic acids is 2. The van der Waals surface area contributed by atoms with Gasteiger partial charge in [-0.3, -0.25) is 9.59 Å². The van der Waals surface area contributed by atoms with E-state index in [1.54, 1.807) is 13.0 Å². The van der Waals surface area contributed by atoms with Crippen LogP contribution >= 0.6 is 0 Å². The lowest BCUT2D eigenvalue weighted by Gasteiger charge is -2.15. The van der Waals surface area contributed by atoms with Crippen molar-refractivity contribution in [1.29, 1.82) is 0 Å². The zero-order valence-electron chi connectivity index (χ0n) is 12.4. The van der Waals surface area contributed by atoms with Crippen LogP contribution in [0.25, 0.3) is 0 Å². The van der Waals surface area contributed by atoms with Gasteiger partial charge >= 0.3 is 0 Å². The summed E-state index contributed by atoms with van der Waals surface area (Å²) < 4.78 is 5.53. The van der Waals surface area contributed by atoms with Crippen LogP contribution in [-0.2, 0) is 9.59 Å². The maximum atomic E-state index is 11.9. The molecule has 1 atom stereocenters. The van der Waals surface area contributed by atoms with Gasteiger partial charge in [-0.2, -0.15) is 0 Å². The summed E-state index contributed by atoms with van der Waals surface area (Å²) >= 11 is 0. The highest BCUT2D eigenvalue weighted by molar-refractivity contribution is 5.97. The number of benzene rings is 1. The predicted octanol–water partition coefficient (Wildman–Crippen LogP) is 2.25. The van der Waals surface area contributed by atoms with Gasteiger partial charge in [0, 0.05) is 12.6 Å². The van der Waals surface area contributed by atoms with E-state index in [1.165, 1.54) is 6.92 Å². The van der Waals surface area contributed by atoms with Gasteiger partial charge < -0.3 is 15.4 Å². The summed E-state index contributed by atoms with van der Waals surface area (Å²) in [7, 11) is 0. The van der Waals surface area contributed by atoms with E-state index in [2.05, 4.69) is 10.6 Å². The van der Waals surface area contributed by atoms with Crippen LogP contribution in [0.1, 0.15) is 32.8 Å². The van der Waals surface area contributed by atoms with Gasteiger partial charge in [-0.15, -0.1) is 0 Å². The third-order valence-corrected chi connectivity index (χ3v) is 2.74. The van der Waals surface area contributed by atoms with E-state index in [9.17, 15) is 9.59 Å². The van der Waals surface area contributed by atoms with E-state index in [4.69, 9.17) is 4.74 Å². The van der Waals surface area contributed by atoms with Crippen molar-refractivity contribution in [3.63, 3.8) is 0 Å². The molecule has 20 heavy (non-hydrogen) atoms. The van der Waals surface area contributed by atoms with Crippen LogP contribution in [0.3, 0.4) is 0 Å². The molecule has 1 aromatic carbocycles. The quantitative estimate of drug-likeness (QED) is 0.838. The Balaban J connectivity index is 2.68. The minimum Gasteiger partial charge on any atom is -0.494 e. The Hall–Kier alpha value is -2.04. The Labute approximate surface area is 119 Å². The summed E-state index contributed by atoms with van der Waals surface area (Å²) in [5.74, 6) is 0.315. The van der Waals surface area contributed by atoms with Crippen molar-refractivity contribution in [1.82, 2.24) is 5.32 Å². The summed E-state index contributed by atoms with van der Waals surface area (Å²) in [6.07, 6.45) is 0.950. The highest BCUT2D eigenvalue weighted by Gasteiger charge is 2.14. The van der Waals surface area contributed by atoms with Gasteiger partial charge in [0.15, 0.2) is 0 Å². The van der Waals surface area contributed by atoms with Gasteiger partial charge in [0.1, 0.15) is 11.8 Å². The van der Waals surface area contributed by atoms with Crippen LogP contribution in [-0.4, -0.2) is 24.5 Å². The van der Waals surface area contributed by atoms with Crippen LogP contribution in [0, 0.1) is 6.92 Å². The fourth-order valence-electron chi connectivity index (χ4n) is 1.70. The Morgan fingerprint density at radius 1 is 1.35 bits per heavy atom. The van der Waals surface area contributed by atoms with Crippen LogP contribution in [0.2, 0.25) is 0 Å². The molecule has 5 heteroatoms. The fraction of sp³-hybridized carbons (Fsp3) is 0.467. The zero-order chi connectivity index (χ0) is 15.1. The van der Waals surface area contributed by atoms with Crippen molar-refractivity contribution in [3.8, 4) is 5.75 Å². The molecule has 0 spiro atoms. The Bertz CT molecular complexity index is 486. The molecule has 0 fully saturated rings. The number of ether oxygens (including phenoxy) is 1. The van der Waals surface area contributed by atoms with Crippen LogP contribution in [0.15, 0.2) is 18.2 Å². The van der Waals surface area contributed by atoms with Crippen LogP contribution < -0.4 is 15.4 Å². The summed E-state index contributed by atoms with van der Waals surface area (Å²) in [6, 6.07) is 4.94. The van der Waals surface area contributed by atoms with E-state index in [1.807, 2.05) is 26.0 Å². The van der Waals surface area contributed by atoms with Gasteiger partial charge in [0.2, 0.25) is 11.8 Å². The second-order valence-corrected chi connectivity index (χ2v) is 4.74. The smallest absolute Gasteiger partial charge is 0.246 e. The van der Waals surface area contributed by atoms with Gasteiger partial charge in [-0.05, 0) is 44.0 Å². The predicted molar refractivity (Wildman–Crippen MR) is 78.9 cm³/mol. The molecule has 2 amide bonds. The Kier molecular flexibility index (Phi) is 6.03. The van der Waals surface area contributed by atoms with Gasteiger partial charge in [0.25, 0.3) is 0 Å². The van der Waals surface area contributed by atoms with Crippen LogP contribution in [0.4, 0.5) is 5.69 Å². The molecule has 1 rings (SSSR count). The number of carbonyl (C=O) groups is 2. The van der Waals surface area contributed by atoms with E-state index in [-0.39, 0.29) is 11.8 Å². The van der Waals surface area contributed by atoms with Gasteiger partial charge in [-0.1, -0.05) is 6.92 Å². The molecule has 1 aromatic rings. The van der Waals surface area contributed by atoms with Crippen molar-refractivity contribution >= 4 is 17.5 Å². The number of anilines is 1. The molecule has 0 aliphatic heterocycles. The third kappa shape index (κ3) is 4.91. The summed E-state index contributed by atoms with van der Waals surface area (Å²) in [4.78, 5) is 22.8. The summed E-state index contributed by atoms with van der Waals surface area (Å²) in [6.45, 7) is 7.65. The molecule has 5 nitrogen and oxygen atoms in total. The van der Waals surface area contributed by atoms with E-state index in [0.717, 1.165) is 23.4 Å². The molecule has 0 heterocycles. The standard InChI is InChI=1S/C15H22N2O3/c1-5-8-20-13-6-7-14(10(2)9-13)17-15(19)11(3)16-12(4)18/h6-7,9,11H,5,8H2,1-4H3,(H,16,18)(H,17,19). The fourth-order valence-corrected chi connectivity index (χ4v) is 1.70. The average Bonchev–Trinajstić information content (AvgIpc) is 2.38. The largest absolute Gasteiger partial charge is 0.494 e. The maximum absolute atomic E-state index is 11.9. The molecular formula is C15H22N2O3. The number of nitrogens with one attached hydrogen (secondary N) is 2. The highest BCUT2D eigenvalue weighted by atomic mass is 16.5. The first-order valence-corrected chi connectivity index (χ1v) is 6.75. The number of amides is 2. The Morgan fingerprint density at radius 2 is 2.05 bits per heavy atom. The first-order chi connectivity index (χ1) is 9.43. The number of aryl methyl sites for hydroxylation is 1. The van der Waals surface area contributed by atoms with Crippen molar-refractivity contribution in [2.24, 2.45) is 0 Å². The van der Waals surface area contributed by atoms with Crippen molar-refractivity contribution < 1.29 is 14.3 Å². The zero-order valence-corrected chi connectivity index (χ0v) is 12.4. The topological polar surface area (TPSA) is 67.4 Å². The first kappa shape index (κ1) is 16.0. The minimum absolute atomic E-state index is 0.229. The van der Waals surface area contributed by atoms with E-state index < -0.39 is 6.04 Å². The normalized spacial score (nSPS) is 11.6. The SMILES string of the molecule is CCCOc1ccc(NC(=O)C(C)NC(C)=O)c(C)c1. The highest BCUT2D eigenvalue weighted by Crippen LogP contribution is 2.21. The summed E-state index contributed by atoms with van der Waals surface area (Å²) in [5.41, 5.74) is 1.64. The second kappa shape index (κ2) is 7.53. The monoisotopic (exact) mass is 278 g/mol. The molecule has 0 saturated heterocycles. The maximum Gasteiger partial charge on any atom is 0.246 e. The Morgan fingerprint density at radius 3 is 2.60 bits per heavy atom. The lowest BCUT2D eigenvalue weighted by molar-refractivity contribution is -0.124. The lowest BCUT2D eigenvalue weighted by atomic mass is 10.2. The average molecular weight is 278 g/mol. The third-order valence-electron chi connectivity index (χ3n) is 2.74. The number of rotatable bonds is 6. The molecule has 0 aromatic heterocycles. The summed E-state index contributed by atoms with van der Waals surface area (Å²) in [5, 5.41) is 5.34. The first-order valence-electron chi connectivity index (χ1n) is 6.75. The molecular weight excluding hydrogens is 256 g/mol. The molecule has 2 N–H and O–H groups in total. The van der Waals surface area contributed by atoms with Crippen molar-refractivity contribution in [3.05, 3.63) is 23.8 Å². The van der Waals surface area contributed by atoms with Gasteiger partial charge in [0.05, 0.1) is 6.61 Å². The molecule has 0 aliphatic carbocycles. The van der Waals surface area contributed by atoms with E-state index >= 15 is 0 Å². The molecule has 0 radical (unpaired) electrons. The molecule has 110 valence electrons. The number of hydrogen-bond donors (Lipinski definition) is 2. The van der Waals surface area contributed by atoms with Crippen molar-refractivity contribution in [2.75, 3.05) is 11.9 Å². The number of hydrogen-bond acceptors (Lipinski definition) is 3. The van der Waals surface area contributed by atoms with Crippen LogP contribution in [0.5, 0.6) is 5.75 Å². The molecule has 0 aliphatic rings. The van der Waals surface area contributed by atoms with Gasteiger partial charge in [-0.25, -0.2) is 0 Å². The van der Waals surface area contributed by atoms with E-state index in [0.29, 0.717) is 6.61 Å². The molecule has 0 saturated carbocycles. The molecule has 1 unspecified atom stereocenters. The second-order valence-electron chi connectivity index (χ2n) is 4.74. The molecule has 0 bridgehead atoms.